The molecule has 6 nitrogen and oxygen atoms in total. The molecule has 1 heterocycles. The second kappa shape index (κ2) is 13.2. The van der Waals surface area contributed by atoms with Gasteiger partial charge in [-0.15, -0.1) is 11.6 Å². The maximum absolute atomic E-state index is 13.1. The van der Waals surface area contributed by atoms with Gasteiger partial charge in [0, 0.05) is 19.1 Å². The molecule has 8 heteroatoms. The van der Waals surface area contributed by atoms with Gasteiger partial charge in [0.15, 0.2) is 14.6 Å². The number of likely N-dealkylation sites (tertiary alicyclic amines) is 1. The number of ether oxygens (including phenoxy) is 3. The Labute approximate surface area is 223 Å². The van der Waals surface area contributed by atoms with Gasteiger partial charge in [-0.3, -0.25) is 4.90 Å². The van der Waals surface area contributed by atoms with E-state index in [1.165, 1.54) is 0 Å². The molecule has 202 valence electrons. The summed E-state index contributed by atoms with van der Waals surface area (Å²) in [6, 6.07) is 9.41. The molecule has 5 atom stereocenters. The van der Waals surface area contributed by atoms with E-state index >= 15 is 0 Å². The zero-order valence-corrected chi connectivity index (χ0v) is 24.7. The highest BCUT2D eigenvalue weighted by Crippen LogP contribution is 2.40. The number of alkyl halides is 1. The fourth-order valence-electron chi connectivity index (χ4n) is 4.50. The third kappa shape index (κ3) is 9.34. The molecule has 1 aromatic rings. The van der Waals surface area contributed by atoms with Gasteiger partial charge in [-0.2, -0.15) is 0 Å². The molecule has 2 unspecified atom stereocenters. The Morgan fingerprint density at radius 1 is 1.25 bits per heavy atom. The van der Waals surface area contributed by atoms with Crippen molar-refractivity contribution in [3.8, 4) is 0 Å². The SMILES string of the molecule is C=COC(=O)N1C[C@H](C(=C)C)[C@@H](CCOC(C)(C)C)[C@@H]1C(OCC(Cl)c1ccccc1)O[Si](C)(C)C. The van der Waals surface area contributed by atoms with Gasteiger partial charge in [0.1, 0.15) is 0 Å². The summed E-state index contributed by atoms with van der Waals surface area (Å²) in [7, 11) is -2.08. The molecule has 1 aliphatic rings. The molecular formula is C28H44ClNO5Si. The minimum atomic E-state index is -2.08. The summed E-state index contributed by atoms with van der Waals surface area (Å²) < 4.78 is 24.3. The first-order valence-corrected chi connectivity index (χ1v) is 16.4. The van der Waals surface area contributed by atoms with Crippen LogP contribution in [0.4, 0.5) is 4.79 Å². The smallest absolute Gasteiger partial charge is 0.415 e. The topological polar surface area (TPSA) is 57.2 Å². The van der Waals surface area contributed by atoms with Crippen LogP contribution in [0.25, 0.3) is 0 Å². The third-order valence-corrected chi connectivity index (χ3v) is 7.38. The Balaban J connectivity index is 2.40. The average molecular weight is 538 g/mol. The van der Waals surface area contributed by atoms with Crippen molar-refractivity contribution in [3.05, 3.63) is 60.9 Å². The third-order valence-electron chi connectivity index (χ3n) is 6.06. The molecule has 0 radical (unpaired) electrons. The first-order valence-electron chi connectivity index (χ1n) is 12.6. The summed E-state index contributed by atoms with van der Waals surface area (Å²) in [5, 5.41) is -0.353. The van der Waals surface area contributed by atoms with E-state index in [4.69, 9.17) is 30.2 Å². The van der Waals surface area contributed by atoms with Crippen LogP contribution in [0.2, 0.25) is 19.6 Å². The van der Waals surface area contributed by atoms with E-state index in [-0.39, 0.29) is 29.4 Å². The van der Waals surface area contributed by atoms with E-state index in [1.807, 2.05) is 58.0 Å². The van der Waals surface area contributed by atoms with E-state index in [0.717, 1.165) is 23.8 Å². The van der Waals surface area contributed by atoms with Crippen LogP contribution >= 0.6 is 11.6 Å². The lowest BCUT2D eigenvalue weighted by atomic mass is 9.83. The van der Waals surface area contributed by atoms with Crippen LogP contribution in [-0.2, 0) is 18.6 Å². The molecule has 36 heavy (non-hydrogen) atoms. The van der Waals surface area contributed by atoms with Gasteiger partial charge in [-0.1, -0.05) is 49.1 Å². The monoisotopic (exact) mass is 537 g/mol. The molecule has 0 aliphatic carbocycles. The molecule has 0 spiro atoms. The summed E-state index contributed by atoms with van der Waals surface area (Å²) >= 11 is 6.70. The van der Waals surface area contributed by atoms with Gasteiger partial charge in [0.25, 0.3) is 0 Å². The predicted molar refractivity (Wildman–Crippen MR) is 148 cm³/mol. The molecule has 2 rings (SSSR count). The number of benzene rings is 1. The minimum absolute atomic E-state index is 0.00839. The zero-order valence-electron chi connectivity index (χ0n) is 23.0. The van der Waals surface area contributed by atoms with E-state index in [9.17, 15) is 4.79 Å². The average Bonchev–Trinajstić information content (AvgIpc) is 3.15. The van der Waals surface area contributed by atoms with Crippen molar-refractivity contribution in [1.82, 2.24) is 4.90 Å². The van der Waals surface area contributed by atoms with E-state index in [0.29, 0.717) is 13.2 Å². The van der Waals surface area contributed by atoms with Gasteiger partial charge in [0.2, 0.25) is 0 Å². The minimum Gasteiger partial charge on any atom is -0.419 e. The highest BCUT2D eigenvalue weighted by molar-refractivity contribution is 6.69. The van der Waals surface area contributed by atoms with Crippen molar-refractivity contribution in [2.75, 3.05) is 19.8 Å². The fourth-order valence-corrected chi connectivity index (χ4v) is 5.63. The second-order valence-electron chi connectivity index (χ2n) is 11.4. The number of halogens is 1. The van der Waals surface area contributed by atoms with Gasteiger partial charge >= 0.3 is 6.09 Å². The number of hydrogen-bond acceptors (Lipinski definition) is 5. The van der Waals surface area contributed by atoms with Crippen LogP contribution < -0.4 is 0 Å². The zero-order chi connectivity index (χ0) is 27.1. The van der Waals surface area contributed by atoms with E-state index in [1.54, 1.807) is 4.90 Å². The number of amides is 1. The summed E-state index contributed by atoms with van der Waals surface area (Å²) in [4.78, 5) is 14.8. The van der Waals surface area contributed by atoms with Gasteiger partial charge in [-0.05, 0) is 65.2 Å². The number of nitrogens with zero attached hydrogens (tertiary/aromatic N) is 1. The normalized spacial score (nSPS) is 22.2. The molecule has 1 aliphatic heterocycles. The maximum atomic E-state index is 13.1. The van der Waals surface area contributed by atoms with Crippen LogP contribution in [0.3, 0.4) is 0 Å². The second-order valence-corrected chi connectivity index (χ2v) is 16.4. The summed E-state index contributed by atoms with van der Waals surface area (Å²) in [6.45, 7) is 23.5. The van der Waals surface area contributed by atoms with Crippen LogP contribution in [-0.4, -0.2) is 57.0 Å². The predicted octanol–water partition coefficient (Wildman–Crippen LogP) is 7.14. The lowest BCUT2D eigenvalue weighted by Gasteiger charge is -2.38. The van der Waals surface area contributed by atoms with Crippen LogP contribution in [0.1, 0.15) is 45.1 Å². The molecule has 1 aromatic carbocycles. The molecule has 1 amide bonds. The largest absolute Gasteiger partial charge is 0.419 e. The fraction of sp³-hybridized carbons (Fsp3) is 0.607. The van der Waals surface area contributed by atoms with Gasteiger partial charge < -0.3 is 18.6 Å². The van der Waals surface area contributed by atoms with Crippen molar-refractivity contribution in [2.24, 2.45) is 11.8 Å². The number of rotatable bonds is 12. The van der Waals surface area contributed by atoms with E-state index in [2.05, 4.69) is 32.8 Å². The Morgan fingerprint density at radius 3 is 2.42 bits per heavy atom. The Bertz CT molecular complexity index is 867. The lowest BCUT2D eigenvalue weighted by Crippen LogP contribution is -2.51. The first-order chi connectivity index (χ1) is 16.7. The summed E-state index contributed by atoms with van der Waals surface area (Å²) in [5.41, 5.74) is 1.71. The lowest BCUT2D eigenvalue weighted by molar-refractivity contribution is -0.132. The number of hydrogen-bond donors (Lipinski definition) is 0. The van der Waals surface area contributed by atoms with Gasteiger partial charge in [0.05, 0.1) is 29.9 Å². The van der Waals surface area contributed by atoms with Crippen molar-refractivity contribution < 1.29 is 23.4 Å². The molecule has 0 saturated carbocycles. The molecule has 1 saturated heterocycles. The first kappa shape index (κ1) is 30.6. The molecule has 0 N–H and O–H groups in total. The van der Waals surface area contributed by atoms with Crippen LogP contribution in [0, 0.1) is 11.8 Å². The summed E-state index contributed by atoms with van der Waals surface area (Å²) in [6.07, 6.45) is 0.724. The molecule has 0 aromatic heterocycles. The van der Waals surface area contributed by atoms with Crippen LogP contribution in [0.15, 0.2) is 55.3 Å². The van der Waals surface area contributed by atoms with Crippen molar-refractivity contribution >= 4 is 26.0 Å². The Hall–Kier alpha value is -1.64. The Morgan fingerprint density at radius 2 is 1.89 bits per heavy atom. The number of carbonyl (C=O) groups excluding carboxylic acids is 1. The van der Waals surface area contributed by atoms with Crippen LogP contribution in [0.5, 0.6) is 0 Å². The van der Waals surface area contributed by atoms with Crippen molar-refractivity contribution in [2.45, 2.75) is 77.1 Å². The van der Waals surface area contributed by atoms with E-state index < -0.39 is 26.7 Å². The Kier molecular flexibility index (Phi) is 11.2. The quantitative estimate of drug-likeness (QED) is 0.0932. The molecule has 0 bridgehead atoms. The van der Waals surface area contributed by atoms with Gasteiger partial charge in [-0.25, -0.2) is 4.79 Å². The molecule has 1 fully saturated rings. The number of carbonyl (C=O) groups is 1. The van der Waals surface area contributed by atoms with Crippen molar-refractivity contribution in [1.29, 1.82) is 0 Å². The van der Waals surface area contributed by atoms with Crippen molar-refractivity contribution in [3.63, 3.8) is 0 Å². The standard InChI is InChI=1S/C28H44ClNO5Si/c1-10-32-27(31)30-18-23(20(2)3)22(16-17-34-28(4,5)6)25(30)26(35-36(7,8)9)33-19-24(29)21-14-12-11-13-15-21/h10-15,22-26H,1-2,16-19H2,3-9H3/t22-,23-,24?,25-,26?/m1/s1. The molecular weight excluding hydrogens is 494 g/mol. The summed E-state index contributed by atoms with van der Waals surface area (Å²) in [5.74, 6) is 0.0576. The highest BCUT2D eigenvalue weighted by Gasteiger charge is 2.50. The maximum Gasteiger partial charge on any atom is 0.415 e. The highest BCUT2D eigenvalue weighted by atomic mass is 35.5.